The van der Waals surface area contributed by atoms with Crippen LogP contribution in [-0.4, -0.2) is 41.1 Å². The Balaban J connectivity index is 1.88. The molecule has 2 atom stereocenters. The zero-order valence-corrected chi connectivity index (χ0v) is 13.7. The molecule has 0 spiro atoms. The van der Waals surface area contributed by atoms with Crippen LogP contribution < -0.4 is 5.32 Å². The zero-order chi connectivity index (χ0) is 14.9. The second-order valence-corrected chi connectivity index (χ2v) is 7.08. The third-order valence-electron chi connectivity index (χ3n) is 5.51. The summed E-state index contributed by atoms with van der Waals surface area (Å²) in [5, 5.41) is 3.80. The fraction of sp³-hybridized carbons (Fsp3) is 0.722. The molecule has 0 radical (unpaired) electrons. The Hall–Kier alpha value is -0.930. The molecule has 116 valence electrons. The summed E-state index contributed by atoms with van der Waals surface area (Å²) in [7, 11) is 0. The molecule has 3 nitrogen and oxygen atoms in total. The van der Waals surface area contributed by atoms with Crippen molar-refractivity contribution in [3.05, 3.63) is 29.6 Å². The van der Waals surface area contributed by atoms with E-state index in [-0.39, 0.29) is 5.54 Å². The van der Waals surface area contributed by atoms with Gasteiger partial charge in [0, 0.05) is 29.4 Å². The number of aromatic nitrogens is 1. The van der Waals surface area contributed by atoms with Crippen LogP contribution in [0.2, 0.25) is 0 Å². The monoisotopic (exact) mass is 287 g/mol. The van der Waals surface area contributed by atoms with Crippen LogP contribution in [0.4, 0.5) is 0 Å². The van der Waals surface area contributed by atoms with Crippen LogP contribution in [0.5, 0.6) is 0 Å². The van der Waals surface area contributed by atoms with Crippen LogP contribution in [0.1, 0.15) is 57.2 Å². The molecule has 3 rings (SSSR count). The summed E-state index contributed by atoms with van der Waals surface area (Å²) in [6.07, 6.45) is 7.08. The normalized spacial score (nSPS) is 24.2. The maximum absolute atomic E-state index is 4.73. The van der Waals surface area contributed by atoms with Gasteiger partial charge in [0.25, 0.3) is 0 Å². The molecule has 1 fully saturated rings. The van der Waals surface area contributed by atoms with Gasteiger partial charge in [0.05, 0.1) is 0 Å². The first kappa shape index (κ1) is 15.0. The minimum atomic E-state index is 0.191. The lowest BCUT2D eigenvalue weighted by Gasteiger charge is -2.45. The van der Waals surface area contributed by atoms with Crippen LogP contribution in [0.25, 0.3) is 0 Å². The van der Waals surface area contributed by atoms with Gasteiger partial charge in [0.1, 0.15) is 0 Å². The molecule has 1 saturated heterocycles. The van der Waals surface area contributed by atoms with E-state index in [4.69, 9.17) is 4.98 Å². The number of nitrogens with zero attached hydrogens (tertiary/aromatic N) is 2. The molecule has 3 heteroatoms. The Bertz CT molecular complexity index is 477. The number of hydrogen-bond acceptors (Lipinski definition) is 3. The summed E-state index contributed by atoms with van der Waals surface area (Å²) in [5.74, 6) is 0.553. The molecule has 0 bridgehead atoms. The van der Waals surface area contributed by atoms with Gasteiger partial charge < -0.3 is 5.32 Å². The third-order valence-corrected chi connectivity index (χ3v) is 5.51. The second-order valence-electron chi connectivity index (χ2n) is 7.08. The summed E-state index contributed by atoms with van der Waals surface area (Å²) in [4.78, 5) is 7.41. The lowest BCUT2D eigenvalue weighted by atomic mass is 9.81. The van der Waals surface area contributed by atoms with Crippen molar-refractivity contribution < 1.29 is 0 Å². The summed E-state index contributed by atoms with van der Waals surface area (Å²) in [5.41, 5.74) is 2.99. The SMILES string of the molecule is CCNC(C1CCc2cccnc21)C(C)(C)N1CCCC1. The average Bonchev–Trinajstić information content (AvgIpc) is 3.14. The van der Waals surface area contributed by atoms with E-state index in [1.165, 1.54) is 50.0 Å². The van der Waals surface area contributed by atoms with Crippen LogP contribution in [0.3, 0.4) is 0 Å². The number of pyridine rings is 1. The Morgan fingerprint density at radius 3 is 2.86 bits per heavy atom. The van der Waals surface area contributed by atoms with Crippen molar-refractivity contribution in [1.29, 1.82) is 0 Å². The standard InChI is InChI=1S/C18H29N3/c1-4-19-17(18(2,3)21-12-5-6-13-21)15-10-9-14-8-7-11-20-16(14)15/h7-8,11,15,17,19H,4-6,9-10,12-13H2,1-3H3. The van der Waals surface area contributed by atoms with Crippen molar-refractivity contribution in [2.24, 2.45) is 0 Å². The van der Waals surface area contributed by atoms with Crippen molar-refractivity contribution >= 4 is 0 Å². The lowest BCUT2D eigenvalue weighted by molar-refractivity contribution is 0.0933. The molecular weight excluding hydrogens is 258 g/mol. The molecule has 2 unspecified atom stereocenters. The Labute approximate surface area is 129 Å². The predicted molar refractivity (Wildman–Crippen MR) is 87.6 cm³/mol. The number of fused-ring (bicyclic) bond motifs is 1. The highest BCUT2D eigenvalue weighted by Gasteiger charge is 2.43. The molecule has 1 N–H and O–H groups in total. The van der Waals surface area contributed by atoms with Crippen molar-refractivity contribution in [1.82, 2.24) is 15.2 Å². The van der Waals surface area contributed by atoms with Crippen LogP contribution in [-0.2, 0) is 6.42 Å². The molecule has 1 aromatic heterocycles. The van der Waals surface area contributed by atoms with Crippen molar-refractivity contribution in [2.75, 3.05) is 19.6 Å². The molecule has 2 heterocycles. The number of likely N-dealkylation sites (tertiary alicyclic amines) is 1. The van der Waals surface area contributed by atoms with Crippen molar-refractivity contribution in [3.8, 4) is 0 Å². The van der Waals surface area contributed by atoms with Crippen LogP contribution in [0.15, 0.2) is 18.3 Å². The molecule has 1 aliphatic heterocycles. The van der Waals surface area contributed by atoms with E-state index < -0.39 is 0 Å². The molecule has 0 aromatic carbocycles. The Kier molecular flexibility index (Phi) is 4.32. The molecule has 2 aliphatic rings. The van der Waals surface area contributed by atoms with Crippen LogP contribution >= 0.6 is 0 Å². The van der Waals surface area contributed by atoms with Gasteiger partial charge in [-0.15, -0.1) is 0 Å². The fourth-order valence-corrected chi connectivity index (χ4v) is 4.36. The first-order chi connectivity index (χ1) is 10.1. The van der Waals surface area contributed by atoms with Gasteiger partial charge in [-0.05, 0) is 70.8 Å². The molecule has 21 heavy (non-hydrogen) atoms. The van der Waals surface area contributed by atoms with E-state index in [0.29, 0.717) is 12.0 Å². The number of nitrogens with one attached hydrogen (secondary N) is 1. The fourth-order valence-electron chi connectivity index (χ4n) is 4.36. The van der Waals surface area contributed by atoms with Gasteiger partial charge in [-0.2, -0.15) is 0 Å². The number of aryl methyl sites for hydroxylation is 1. The van der Waals surface area contributed by atoms with E-state index in [9.17, 15) is 0 Å². The van der Waals surface area contributed by atoms with Gasteiger partial charge in [0.15, 0.2) is 0 Å². The molecule has 0 amide bonds. The summed E-state index contributed by atoms with van der Waals surface area (Å²) < 4.78 is 0. The summed E-state index contributed by atoms with van der Waals surface area (Å²) in [6.45, 7) is 10.6. The Morgan fingerprint density at radius 1 is 1.38 bits per heavy atom. The highest BCUT2D eigenvalue weighted by Crippen LogP contribution is 2.39. The van der Waals surface area contributed by atoms with Crippen LogP contribution in [0, 0.1) is 0 Å². The van der Waals surface area contributed by atoms with Crippen molar-refractivity contribution in [3.63, 3.8) is 0 Å². The summed E-state index contributed by atoms with van der Waals surface area (Å²) >= 11 is 0. The highest BCUT2D eigenvalue weighted by molar-refractivity contribution is 5.31. The van der Waals surface area contributed by atoms with E-state index in [1.807, 2.05) is 6.20 Å². The topological polar surface area (TPSA) is 28.2 Å². The van der Waals surface area contributed by atoms with Crippen molar-refractivity contribution in [2.45, 2.75) is 64.0 Å². The average molecular weight is 287 g/mol. The van der Waals surface area contributed by atoms with Gasteiger partial charge in [0.2, 0.25) is 0 Å². The lowest BCUT2D eigenvalue weighted by Crippen LogP contribution is -2.59. The smallest absolute Gasteiger partial charge is 0.0482 e. The number of likely N-dealkylation sites (N-methyl/N-ethyl adjacent to an activating group) is 1. The first-order valence-corrected chi connectivity index (χ1v) is 8.57. The molecule has 0 saturated carbocycles. The van der Waals surface area contributed by atoms with E-state index >= 15 is 0 Å². The zero-order valence-electron chi connectivity index (χ0n) is 13.7. The maximum Gasteiger partial charge on any atom is 0.0482 e. The molecule has 1 aliphatic carbocycles. The highest BCUT2D eigenvalue weighted by atomic mass is 15.2. The summed E-state index contributed by atoms with van der Waals surface area (Å²) in [6, 6.07) is 4.82. The van der Waals surface area contributed by atoms with Gasteiger partial charge in [-0.3, -0.25) is 9.88 Å². The van der Waals surface area contributed by atoms with E-state index in [0.717, 1.165) is 6.54 Å². The minimum absolute atomic E-state index is 0.191. The molecule has 1 aromatic rings. The van der Waals surface area contributed by atoms with Gasteiger partial charge in [-0.25, -0.2) is 0 Å². The van der Waals surface area contributed by atoms with Gasteiger partial charge >= 0.3 is 0 Å². The number of rotatable bonds is 5. The second kappa shape index (κ2) is 6.05. The quantitative estimate of drug-likeness (QED) is 0.902. The number of hydrogen-bond donors (Lipinski definition) is 1. The predicted octanol–water partition coefficient (Wildman–Crippen LogP) is 2.96. The largest absolute Gasteiger partial charge is 0.312 e. The first-order valence-electron chi connectivity index (χ1n) is 8.57. The van der Waals surface area contributed by atoms with E-state index in [2.05, 4.69) is 43.1 Å². The Morgan fingerprint density at radius 2 is 2.14 bits per heavy atom. The van der Waals surface area contributed by atoms with Gasteiger partial charge in [-0.1, -0.05) is 13.0 Å². The third kappa shape index (κ3) is 2.74. The van der Waals surface area contributed by atoms with E-state index in [1.54, 1.807) is 0 Å². The maximum atomic E-state index is 4.73. The molecular formula is C18H29N3. The minimum Gasteiger partial charge on any atom is -0.312 e.